The van der Waals surface area contributed by atoms with Gasteiger partial charge in [0.2, 0.25) is 0 Å². The van der Waals surface area contributed by atoms with Crippen molar-refractivity contribution in [3.8, 4) is 6.07 Å². The zero-order chi connectivity index (χ0) is 16.8. The molecule has 3 rings (SSSR count). The van der Waals surface area contributed by atoms with Gasteiger partial charge in [-0.05, 0) is 55.3 Å². The average molecular weight is 308 g/mol. The maximum Gasteiger partial charge on any atom is 0.414 e. The molecule has 1 aliphatic rings. The minimum atomic E-state index is -0.512. The number of benzene rings is 2. The highest BCUT2D eigenvalue weighted by molar-refractivity contribution is 5.99. The Bertz CT molecular complexity index is 828. The maximum atomic E-state index is 12.5. The van der Waals surface area contributed by atoms with Crippen LogP contribution < -0.4 is 4.90 Å². The first kappa shape index (κ1) is 15.4. The molecule has 0 fully saturated rings. The van der Waals surface area contributed by atoms with E-state index in [0.29, 0.717) is 12.1 Å². The van der Waals surface area contributed by atoms with Crippen molar-refractivity contribution < 1.29 is 9.53 Å². The number of carbonyl (C=O) groups is 1. The number of rotatable bonds is 0. The molecule has 1 atom stereocenters. The molecular weight excluding hydrogens is 288 g/mol. The third-order valence-corrected chi connectivity index (χ3v) is 4.02. The monoisotopic (exact) mass is 308 g/mol. The van der Waals surface area contributed by atoms with Crippen LogP contribution in [-0.4, -0.2) is 18.2 Å². The molecule has 0 radical (unpaired) electrons. The molecule has 2 aromatic carbocycles. The van der Waals surface area contributed by atoms with Gasteiger partial charge in [0.05, 0.1) is 17.3 Å². The van der Waals surface area contributed by atoms with Crippen molar-refractivity contribution in [2.75, 3.05) is 11.4 Å². The number of nitriles is 1. The summed E-state index contributed by atoms with van der Waals surface area (Å²) in [6.45, 7) is 8.34. The lowest BCUT2D eigenvalue weighted by Gasteiger charge is -2.25. The largest absolute Gasteiger partial charge is 0.443 e. The molecule has 0 N–H and O–H groups in total. The molecule has 0 saturated carbocycles. The second-order valence-electron chi connectivity index (χ2n) is 7.04. The number of hydrogen-bond donors (Lipinski definition) is 0. The highest BCUT2D eigenvalue weighted by Gasteiger charge is 2.33. The number of anilines is 1. The molecule has 23 heavy (non-hydrogen) atoms. The first-order chi connectivity index (χ1) is 10.8. The summed E-state index contributed by atoms with van der Waals surface area (Å²) in [5, 5.41) is 11.2. The van der Waals surface area contributed by atoms with E-state index in [1.165, 1.54) is 0 Å². The smallest absolute Gasteiger partial charge is 0.414 e. The molecule has 4 nitrogen and oxygen atoms in total. The van der Waals surface area contributed by atoms with E-state index >= 15 is 0 Å². The average Bonchev–Trinajstić information content (AvgIpc) is 2.82. The van der Waals surface area contributed by atoms with Crippen molar-refractivity contribution in [3.05, 3.63) is 41.5 Å². The Hall–Kier alpha value is -2.54. The molecule has 1 aliphatic heterocycles. The molecule has 1 unspecified atom stereocenters. The lowest BCUT2D eigenvalue weighted by molar-refractivity contribution is 0.0582. The number of amides is 1. The fraction of sp³-hybridized carbons (Fsp3) is 0.368. The van der Waals surface area contributed by atoms with Crippen molar-refractivity contribution >= 4 is 22.6 Å². The number of nitrogens with zero attached hydrogens (tertiary/aromatic N) is 2. The Balaban J connectivity index is 2.07. The highest BCUT2D eigenvalue weighted by Crippen LogP contribution is 2.41. The molecular formula is C19H20N2O2. The normalized spacial score (nSPS) is 17.0. The van der Waals surface area contributed by atoms with Crippen LogP contribution in [0.5, 0.6) is 0 Å². The van der Waals surface area contributed by atoms with E-state index in [0.717, 1.165) is 22.0 Å². The predicted molar refractivity (Wildman–Crippen MR) is 90.7 cm³/mol. The summed E-state index contributed by atoms with van der Waals surface area (Å²) < 4.78 is 5.52. The van der Waals surface area contributed by atoms with Crippen molar-refractivity contribution in [1.29, 1.82) is 5.26 Å². The van der Waals surface area contributed by atoms with Gasteiger partial charge in [-0.25, -0.2) is 4.79 Å². The van der Waals surface area contributed by atoms with Crippen LogP contribution in [0.2, 0.25) is 0 Å². The minimum absolute atomic E-state index is 0.231. The van der Waals surface area contributed by atoms with Gasteiger partial charge in [0, 0.05) is 12.5 Å². The van der Waals surface area contributed by atoms with E-state index in [2.05, 4.69) is 13.0 Å². The molecule has 0 spiro atoms. The third-order valence-electron chi connectivity index (χ3n) is 4.02. The zero-order valence-electron chi connectivity index (χ0n) is 13.9. The van der Waals surface area contributed by atoms with Crippen LogP contribution in [0.15, 0.2) is 30.3 Å². The Labute approximate surface area is 136 Å². The van der Waals surface area contributed by atoms with Crippen LogP contribution in [0, 0.1) is 11.3 Å². The van der Waals surface area contributed by atoms with Crippen LogP contribution in [-0.2, 0) is 4.74 Å². The first-order valence-corrected chi connectivity index (χ1v) is 7.77. The van der Waals surface area contributed by atoms with Crippen molar-refractivity contribution in [2.45, 2.75) is 39.2 Å². The van der Waals surface area contributed by atoms with E-state index in [9.17, 15) is 4.79 Å². The van der Waals surface area contributed by atoms with Gasteiger partial charge in [-0.2, -0.15) is 5.26 Å². The van der Waals surface area contributed by atoms with Crippen LogP contribution in [0.3, 0.4) is 0 Å². The van der Waals surface area contributed by atoms with Gasteiger partial charge in [0.25, 0.3) is 0 Å². The Morgan fingerprint density at radius 2 is 2.04 bits per heavy atom. The van der Waals surface area contributed by atoms with Gasteiger partial charge in [0.1, 0.15) is 5.60 Å². The van der Waals surface area contributed by atoms with Gasteiger partial charge in [-0.3, -0.25) is 4.90 Å². The number of hydrogen-bond acceptors (Lipinski definition) is 3. The maximum absolute atomic E-state index is 12.5. The fourth-order valence-corrected chi connectivity index (χ4v) is 3.12. The van der Waals surface area contributed by atoms with E-state index < -0.39 is 5.60 Å². The number of ether oxygens (including phenoxy) is 1. The zero-order valence-corrected chi connectivity index (χ0v) is 13.9. The topological polar surface area (TPSA) is 53.3 Å². The van der Waals surface area contributed by atoms with E-state index in [4.69, 9.17) is 10.00 Å². The second kappa shape index (κ2) is 5.27. The van der Waals surface area contributed by atoms with Crippen LogP contribution in [0.25, 0.3) is 10.8 Å². The lowest BCUT2D eigenvalue weighted by Crippen LogP contribution is -2.36. The van der Waals surface area contributed by atoms with Crippen LogP contribution >= 0.6 is 0 Å². The van der Waals surface area contributed by atoms with E-state index in [1.807, 2.05) is 51.1 Å². The molecule has 118 valence electrons. The van der Waals surface area contributed by atoms with Gasteiger partial charge in [-0.1, -0.05) is 19.1 Å². The summed E-state index contributed by atoms with van der Waals surface area (Å²) in [7, 11) is 0. The van der Waals surface area contributed by atoms with Crippen LogP contribution in [0.1, 0.15) is 44.7 Å². The van der Waals surface area contributed by atoms with Crippen molar-refractivity contribution in [2.24, 2.45) is 0 Å². The molecule has 2 aromatic rings. The van der Waals surface area contributed by atoms with Crippen molar-refractivity contribution in [1.82, 2.24) is 0 Å². The highest BCUT2D eigenvalue weighted by atomic mass is 16.6. The Kier molecular flexibility index (Phi) is 3.52. The van der Waals surface area contributed by atoms with Crippen LogP contribution in [0.4, 0.5) is 10.5 Å². The molecule has 0 aromatic heterocycles. The summed E-state index contributed by atoms with van der Waals surface area (Å²) in [6, 6.07) is 11.8. The standard InChI is InChI=1S/C19H20N2O2/c1-12-11-21(18(22)23-19(2,3)4)16-8-6-14-9-13(10-20)5-7-15(14)17(12)16/h5-9,12H,11H2,1-4H3. The third kappa shape index (κ3) is 2.75. The van der Waals surface area contributed by atoms with E-state index in [-0.39, 0.29) is 12.0 Å². The predicted octanol–water partition coefficient (Wildman–Crippen LogP) is 4.57. The second-order valence-corrected chi connectivity index (χ2v) is 7.04. The number of carbonyl (C=O) groups excluding carboxylic acids is 1. The molecule has 1 heterocycles. The van der Waals surface area contributed by atoms with E-state index in [1.54, 1.807) is 4.90 Å². The molecule has 0 saturated heterocycles. The molecule has 1 amide bonds. The van der Waals surface area contributed by atoms with Gasteiger partial charge < -0.3 is 4.74 Å². The SMILES string of the molecule is CC1CN(C(=O)OC(C)(C)C)c2ccc3cc(C#N)ccc3c21. The summed E-state index contributed by atoms with van der Waals surface area (Å²) in [4.78, 5) is 14.2. The van der Waals surface area contributed by atoms with Gasteiger partial charge >= 0.3 is 6.09 Å². The number of fused-ring (bicyclic) bond motifs is 3. The van der Waals surface area contributed by atoms with Gasteiger partial charge in [-0.15, -0.1) is 0 Å². The van der Waals surface area contributed by atoms with Gasteiger partial charge in [0.15, 0.2) is 0 Å². The summed E-state index contributed by atoms with van der Waals surface area (Å²) in [6.07, 6.45) is -0.309. The summed E-state index contributed by atoms with van der Waals surface area (Å²) in [5.41, 5.74) is 2.19. The first-order valence-electron chi connectivity index (χ1n) is 7.77. The summed E-state index contributed by atoms with van der Waals surface area (Å²) >= 11 is 0. The minimum Gasteiger partial charge on any atom is -0.443 e. The lowest BCUT2D eigenvalue weighted by atomic mass is 9.95. The summed E-state index contributed by atoms with van der Waals surface area (Å²) in [5.74, 6) is 0.231. The Morgan fingerprint density at radius 3 is 2.70 bits per heavy atom. The van der Waals surface area contributed by atoms with Crippen molar-refractivity contribution in [3.63, 3.8) is 0 Å². The molecule has 4 heteroatoms. The quantitative estimate of drug-likeness (QED) is 0.716. The molecule has 0 bridgehead atoms. The Morgan fingerprint density at radius 1 is 1.30 bits per heavy atom. The fourth-order valence-electron chi connectivity index (χ4n) is 3.12. The molecule has 0 aliphatic carbocycles.